The summed E-state index contributed by atoms with van der Waals surface area (Å²) in [6.45, 7) is 3.12. The molecule has 0 aromatic heterocycles. The lowest BCUT2D eigenvalue weighted by molar-refractivity contribution is -0.139. The highest BCUT2D eigenvalue weighted by Gasteiger charge is 2.44. The molecular formula is C10H17Cl3N2O4. The molecule has 0 spiro atoms. The molecule has 9 heteroatoms. The molecule has 0 saturated heterocycles. The number of amides is 1. The summed E-state index contributed by atoms with van der Waals surface area (Å²) in [6, 6.07) is -1.10. The Balaban J connectivity index is 4.54. The molecule has 0 bridgehead atoms. The Bertz CT molecular complexity index is 331. The number of nitrogens with one attached hydrogen (secondary N) is 1. The van der Waals surface area contributed by atoms with Crippen molar-refractivity contribution in [3.8, 4) is 0 Å². The lowest BCUT2D eigenvalue weighted by Crippen LogP contribution is -2.48. The Morgan fingerprint density at radius 2 is 1.89 bits per heavy atom. The number of carbonyl (C=O) groups is 2. The Hall–Kier alpha value is -0.430. The molecule has 0 heterocycles. The Morgan fingerprint density at radius 1 is 1.37 bits per heavy atom. The SMILES string of the molecule is CC(C)(OC(=O)N[C@@H](CCCN)C(=O)O)C(Cl)(Cl)Cl. The largest absolute Gasteiger partial charge is 0.480 e. The molecule has 1 amide bonds. The average molecular weight is 336 g/mol. The van der Waals surface area contributed by atoms with Gasteiger partial charge in [0.05, 0.1) is 0 Å². The lowest BCUT2D eigenvalue weighted by Gasteiger charge is -2.32. The van der Waals surface area contributed by atoms with Gasteiger partial charge >= 0.3 is 12.1 Å². The summed E-state index contributed by atoms with van der Waals surface area (Å²) in [5, 5.41) is 11.1. The van der Waals surface area contributed by atoms with Crippen molar-refractivity contribution in [2.75, 3.05) is 6.54 Å². The fourth-order valence-corrected chi connectivity index (χ4v) is 1.16. The van der Waals surface area contributed by atoms with E-state index >= 15 is 0 Å². The van der Waals surface area contributed by atoms with Gasteiger partial charge in [0.25, 0.3) is 0 Å². The van der Waals surface area contributed by atoms with E-state index in [9.17, 15) is 9.59 Å². The normalized spacial score (nSPS) is 13.8. The molecule has 0 aromatic rings. The zero-order chi connectivity index (χ0) is 15.3. The van der Waals surface area contributed by atoms with Crippen LogP contribution in [0.1, 0.15) is 26.7 Å². The van der Waals surface area contributed by atoms with E-state index in [1.807, 2.05) is 0 Å². The van der Waals surface area contributed by atoms with Gasteiger partial charge < -0.3 is 20.9 Å². The van der Waals surface area contributed by atoms with E-state index in [1.54, 1.807) is 0 Å². The number of carboxylic acid groups (broad SMARTS) is 1. The van der Waals surface area contributed by atoms with E-state index in [4.69, 9.17) is 50.4 Å². The van der Waals surface area contributed by atoms with E-state index in [0.29, 0.717) is 13.0 Å². The standard InChI is InChI=1S/C10H17Cl3N2O4/c1-9(2,10(11,12)13)19-8(18)15-6(7(16)17)4-3-5-14/h6H,3-5,14H2,1-2H3,(H,15,18)(H,16,17)/t6-/m0/s1. The van der Waals surface area contributed by atoms with E-state index in [2.05, 4.69) is 5.32 Å². The fourth-order valence-electron chi connectivity index (χ4n) is 1.04. The van der Waals surface area contributed by atoms with Crippen LogP contribution in [0.3, 0.4) is 0 Å². The predicted molar refractivity (Wildman–Crippen MR) is 73.7 cm³/mol. The molecule has 0 rings (SSSR count). The maximum Gasteiger partial charge on any atom is 0.408 e. The van der Waals surface area contributed by atoms with Gasteiger partial charge in [0, 0.05) is 0 Å². The molecule has 0 aliphatic heterocycles. The van der Waals surface area contributed by atoms with Crippen molar-refractivity contribution in [1.29, 1.82) is 0 Å². The van der Waals surface area contributed by atoms with E-state index in [-0.39, 0.29) is 6.42 Å². The van der Waals surface area contributed by atoms with Gasteiger partial charge in [-0.1, -0.05) is 34.8 Å². The Labute approximate surface area is 126 Å². The van der Waals surface area contributed by atoms with Gasteiger partial charge in [0.15, 0.2) is 5.60 Å². The number of hydrogen-bond acceptors (Lipinski definition) is 4. The summed E-state index contributed by atoms with van der Waals surface area (Å²) in [5.74, 6) is -1.18. The number of alkyl halides is 3. The molecule has 0 saturated carbocycles. The number of alkyl carbamates (subject to hydrolysis) is 1. The zero-order valence-corrected chi connectivity index (χ0v) is 12.8. The molecule has 0 aliphatic carbocycles. The summed E-state index contributed by atoms with van der Waals surface area (Å²) in [4.78, 5) is 22.5. The summed E-state index contributed by atoms with van der Waals surface area (Å²) >= 11 is 16.9. The third kappa shape index (κ3) is 6.51. The molecule has 19 heavy (non-hydrogen) atoms. The number of halogens is 3. The summed E-state index contributed by atoms with van der Waals surface area (Å²) in [5.41, 5.74) is 3.87. The van der Waals surface area contributed by atoms with Crippen LogP contribution in [0.5, 0.6) is 0 Å². The maximum absolute atomic E-state index is 11.6. The van der Waals surface area contributed by atoms with Gasteiger partial charge in [-0.15, -0.1) is 0 Å². The van der Waals surface area contributed by atoms with Gasteiger partial charge in [-0.05, 0) is 33.2 Å². The van der Waals surface area contributed by atoms with Gasteiger partial charge in [-0.25, -0.2) is 9.59 Å². The van der Waals surface area contributed by atoms with Crippen LogP contribution in [0.25, 0.3) is 0 Å². The number of hydrogen-bond donors (Lipinski definition) is 3. The van der Waals surface area contributed by atoms with E-state index in [1.165, 1.54) is 13.8 Å². The van der Waals surface area contributed by atoms with Crippen LogP contribution in [0.2, 0.25) is 0 Å². The zero-order valence-electron chi connectivity index (χ0n) is 10.6. The lowest BCUT2D eigenvalue weighted by atomic mass is 10.1. The highest BCUT2D eigenvalue weighted by molar-refractivity contribution is 6.68. The molecular weight excluding hydrogens is 318 g/mol. The number of rotatable bonds is 6. The minimum atomic E-state index is -1.83. The quantitative estimate of drug-likeness (QED) is 0.645. The van der Waals surface area contributed by atoms with Gasteiger partial charge in [-0.3, -0.25) is 0 Å². The van der Waals surface area contributed by atoms with Gasteiger partial charge in [0.2, 0.25) is 3.79 Å². The summed E-state index contributed by atoms with van der Waals surface area (Å²) in [6.07, 6.45) is -0.332. The van der Waals surface area contributed by atoms with Crippen LogP contribution in [-0.2, 0) is 9.53 Å². The predicted octanol–water partition coefficient (Wildman–Crippen LogP) is 2.05. The maximum atomic E-state index is 11.6. The molecule has 1 atom stereocenters. The summed E-state index contributed by atoms with van der Waals surface area (Å²) in [7, 11) is 0. The molecule has 0 radical (unpaired) electrons. The van der Waals surface area contributed by atoms with Crippen molar-refractivity contribution in [1.82, 2.24) is 5.32 Å². The topological polar surface area (TPSA) is 102 Å². The first-order chi connectivity index (χ1) is 8.51. The Morgan fingerprint density at radius 3 is 2.26 bits per heavy atom. The summed E-state index contributed by atoms with van der Waals surface area (Å²) < 4.78 is 3.09. The highest BCUT2D eigenvalue weighted by atomic mass is 35.6. The third-order valence-electron chi connectivity index (χ3n) is 2.32. The second kappa shape index (κ2) is 7.38. The van der Waals surface area contributed by atoms with Crippen molar-refractivity contribution < 1.29 is 19.4 Å². The molecule has 4 N–H and O–H groups in total. The van der Waals surface area contributed by atoms with Crippen LogP contribution in [0.15, 0.2) is 0 Å². The molecule has 0 aromatic carbocycles. The van der Waals surface area contributed by atoms with E-state index in [0.717, 1.165) is 0 Å². The van der Waals surface area contributed by atoms with Crippen molar-refractivity contribution in [3.05, 3.63) is 0 Å². The number of aliphatic carboxylic acids is 1. The minimum absolute atomic E-state index is 0.190. The number of nitrogens with two attached hydrogens (primary N) is 1. The number of carboxylic acids is 1. The first-order valence-electron chi connectivity index (χ1n) is 5.50. The van der Waals surface area contributed by atoms with Gasteiger partial charge in [-0.2, -0.15) is 0 Å². The second-order valence-corrected chi connectivity index (χ2v) is 6.64. The van der Waals surface area contributed by atoms with E-state index < -0.39 is 27.5 Å². The van der Waals surface area contributed by atoms with Crippen LogP contribution in [0, 0.1) is 0 Å². The molecule has 0 aliphatic rings. The molecule has 0 fully saturated rings. The second-order valence-electron chi connectivity index (χ2n) is 4.36. The first-order valence-corrected chi connectivity index (χ1v) is 6.63. The molecule has 0 unspecified atom stereocenters. The van der Waals surface area contributed by atoms with Crippen molar-refractivity contribution >= 4 is 46.9 Å². The van der Waals surface area contributed by atoms with Crippen LogP contribution in [0.4, 0.5) is 4.79 Å². The van der Waals surface area contributed by atoms with Crippen molar-refractivity contribution in [2.45, 2.75) is 42.1 Å². The first kappa shape index (κ1) is 18.6. The monoisotopic (exact) mass is 334 g/mol. The van der Waals surface area contributed by atoms with Crippen molar-refractivity contribution in [2.24, 2.45) is 5.73 Å². The third-order valence-corrected chi connectivity index (χ3v) is 3.68. The van der Waals surface area contributed by atoms with Crippen LogP contribution >= 0.6 is 34.8 Å². The van der Waals surface area contributed by atoms with Crippen LogP contribution in [-0.4, -0.2) is 39.1 Å². The number of carbonyl (C=O) groups excluding carboxylic acids is 1. The highest BCUT2D eigenvalue weighted by Crippen LogP contribution is 2.40. The van der Waals surface area contributed by atoms with Crippen molar-refractivity contribution in [3.63, 3.8) is 0 Å². The smallest absolute Gasteiger partial charge is 0.408 e. The number of ether oxygens (including phenoxy) is 1. The minimum Gasteiger partial charge on any atom is -0.480 e. The van der Waals surface area contributed by atoms with Gasteiger partial charge in [0.1, 0.15) is 6.04 Å². The molecule has 6 nitrogen and oxygen atoms in total. The fraction of sp³-hybridized carbons (Fsp3) is 0.800. The average Bonchev–Trinajstić information content (AvgIpc) is 2.21. The van der Waals surface area contributed by atoms with Crippen LogP contribution < -0.4 is 11.1 Å². The Kier molecular flexibility index (Phi) is 7.21. The molecule has 112 valence electrons.